The van der Waals surface area contributed by atoms with Crippen LogP contribution in [0.3, 0.4) is 0 Å². The van der Waals surface area contributed by atoms with Gasteiger partial charge in [-0.05, 0) is 44.6 Å². The number of H-pyrrole nitrogens is 1. The van der Waals surface area contributed by atoms with Crippen LogP contribution in [-0.4, -0.2) is 27.7 Å². The third-order valence-electron chi connectivity index (χ3n) is 4.27. The Bertz CT molecular complexity index is 797. The predicted octanol–water partition coefficient (Wildman–Crippen LogP) is 3.26. The molecule has 2 heterocycles. The molecule has 0 bridgehead atoms. The van der Waals surface area contributed by atoms with Gasteiger partial charge in [0.15, 0.2) is 5.16 Å². The van der Waals surface area contributed by atoms with E-state index in [0.717, 1.165) is 42.3 Å². The molecule has 0 spiro atoms. The Morgan fingerprint density at radius 2 is 2.21 bits per heavy atom. The van der Waals surface area contributed by atoms with Crippen molar-refractivity contribution in [2.45, 2.75) is 63.6 Å². The molecule has 7 heteroatoms. The molecule has 0 radical (unpaired) electrons. The Labute approximate surface area is 149 Å². The summed E-state index contributed by atoms with van der Waals surface area (Å²) in [7, 11) is 0. The summed E-state index contributed by atoms with van der Waals surface area (Å²) in [4.78, 5) is 33.9. The number of thioether (sulfide) groups is 1. The average molecular weight is 366 g/mol. The zero-order chi connectivity index (χ0) is 17.1. The second-order valence-electron chi connectivity index (χ2n) is 6.31. The molecule has 0 saturated heterocycles. The van der Waals surface area contributed by atoms with Gasteiger partial charge in [-0.3, -0.25) is 9.59 Å². The first-order valence-corrected chi connectivity index (χ1v) is 10.4. The Kier molecular flexibility index (Phi) is 5.61. The number of hydrogen-bond donors (Lipinski definition) is 2. The van der Waals surface area contributed by atoms with E-state index < -0.39 is 0 Å². The molecular weight excluding hydrogens is 342 g/mol. The van der Waals surface area contributed by atoms with Crippen LogP contribution in [0.2, 0.25) is 0 Å². The van der Waals surface area contributed by atoms with Crippen LogP contribution in [0.25, 0.3) is 10.2 Å². The molecule has 0 unspecified atom stereocenters. The van der Waals surface area contributed by atoms with E-state index in [1.54, 1.807) is 11.3 Å². The Morgan fingerprint density at radius 3 is 3.00 bits per heavy atom. The molecule has 5 nitrogen and oxygen atoms in total. The van der Waals surface area contributed by atoms with Crippen molar-refractivity contribution < 1.29 is 4.79 Å². The van der Waals surface area contributed by atoms with Gasteiger partial charge in [-0.15, -0.1) is 11.3 Å². The summed E-state index contributed by atoms with van der Waals surface area (Å²) in [6, 6.07) is 0.182. The van der Waals surface area contributed by atoms with Crippen molar-refractivity contribution >= 4 is 39.2 Å². The van der Waals surface area contributed by atoms with Crippen LogP contribution in [0.5, 0.6) is 0 Å². The molecular formula is C17H23N3O2S2. The average Bonchev–Trinajstić information content (AvgIpc) is 2.92. The third-order valence-corrected chi connectivity index (χ3v) is 6.33. The largest absolute Gasteiger partial charge is 0.353 e. The van der Waals surface area contributed by atoms with Crippen molar-refractivity contribution in [1.82, 2.24) is 15.3 Å². The quantitative estimate of drug-likeness (QED) is 0.609. The minimum Gasteiger partial charge on any atom is -0.353 e. The van der Waals surface area contributed by atoms with Crippen LogP contribution in [0.1, 0.15) is 50.0 Å². The molecule has 0 saturated carbocycles. The third kappa shape index (κ3) is 3.83. The summed E-state index contributed by atoms with van der Waals surface area (Å²) < 4.78 is 0. The number of hydrogen-bond acceptors (Lipinski definition) is 5. The number of nitrogens with one attached hydrogen (secondary N) is 2. The van der Waals surface area contributed by atoms with Gasteiger partial charge in [0.25, 0.3) is 5.56 Å². The molecule has 2 N–H and O–H groups in total. The summed E-state index contributed by atoms with van der Waals surface area (Å²) in [5, 5.41) is 4.26. The van der Waals surface area contributed by atoms with Gasteiger partial charge in [0.2, 0.25) is 5.91 Å². The van der Waals surface area contributed by atoms with E-state index >= 15 is 0 Å². The van der Waals surface area contributed by atoms with Crippen LogP contribution in [-0.2, 0) is 17.6 Å². The van der Waals surface area contributed by atoms with Crippen molar-refractivity contribution in [3.05, 3.63) is 20.8 Å². The monoisotopic (exact) mass is 365 g/mol. The predicted molar refractivity (Wildman–Crippen MR) is 100 cm³/mol. The fourth-order valence-electron chi connectivity index (χ4n) is 3.17. The molecule has 24 heavy (non-hydrogen) atoms. The van der Waals surface area contributed by atoms with E-state index in [1.807, 2.05) is 6.92 Å². The Morgan fingerprint density at radius 1 is 1.42 bits per heavy atom. The molecule has 0 aliphatic heterocycles. The van der Waals surface area contributed by atoms with Crippen LogP contribution >= 0.6 is 23.1 Å². The topological polar surface area (TPSA) is 74.8 Å². The standard InChI is InChI=1S/C17H23N3O2S2/c1-3-6-10(2)18-13(21)9-23-17-19-15(22)14-11-7-4-5-8-12(11)24-16(14)20-17/h10H,3-9H2,1-2H3,(H,18,21)(H,19,20,22)/t10-/m1/s1. The van der Waals surface area contributed by atoms with E-state index in [2.05, 4.69) is 22.2 Å². The van der Waals surface area contributed by atoms with Gasteiger partial charge in [0.1, 0.15) is 4.83 Å². The van der Waals surface area contributed by atoms with Crippen molar-refractivity contribution in [3.8, 4) is 0 Å². The number of carbonyl (C=O) groups excluding carboxylic acids is 1. The number of aromatic nitrogens is 2. The summed E-state index contributed by atoms with van der Waals surface area (Å²) in [6.45, 7) is 4.11. The molecule has 130 valence electrons. The molecule has 1 aliphatic carbocycles. The van der Waals surface area contributed by atoms with Crippen LogP contribution in [0, 0.1) is 0 Å². The fraction of sp³-hybridized carbons (Fsp3) is 0.588. The van der Waals surface area contributed by atoms with Crippen LogP contribution in [0.4, 0.5) is 0 Å². The molecule has 1 atom stereocenters. The van der Waals surface area contributed by atoms with Crippen molar-refractivity contribution in [3.63, 3.8) is 0 Å². The Hall–Kier alpha value is -1.34. The van der Waals surface area contributed by atoms with E-state index in [9.17, 15) is 9.59 Å². The second kappa shape index (κ2) is 7.70. The number of thiophene rings is 1. The summed E-state index contributed by atoms with van der Waals surface area (Å²) in [6.07, 6.45) is 6.38. The van der Waals surface area contributed by atoms with E-state index in [4.69, 9.17) is 0 Å². The number of fused-ring (bicyclic) bond motifs is 3. The first kappa shape index (κ1) is 17.5. The number of carbonyl (C=O) groups is 1. The van der Waals surface area contributed by atoms with E-state index in [0.29, 0.717) is 5.16 Å². The summed E-state index contributed by atoms with van der Waals surface area (Å²) in [5.74, 6) is 0.252. The highest BCUT2D eigenvalue weighted by Crippen LogP contribution is 2.34. The molecule has 2 aromatic rings. The maximum atomic E-state index is 12.4. The van der Waals surface area contributed by atoms with Crippen molar-refractivity contribution in [2.24, 2.45) is 0 Å². The highest BCUT2D eigenvalue weighted by atomic mass is 32.2. The van der Waals surface area contributed by atoms with E-state index in [1.165, 1.54) is 28.6 Å². The minimum absolute atomic E-state index is 0.0193. The van der Waals surface area contributed by atoms with Gasteiger partial charge < -0.3 is 10.3 Å². The normalized spacial score (nSPS) is 15.2. The first-order chi connectivity index (χ1) is 11.6. The van der Waals surface area contributed by atoms with Gasteiger partial charge >= 0.3 is 0 Å². The molecule has 1 amide bonds. The molecule has 0 aromatic carbocycles. The summed E-state index contributed by atoms with van der Waals surface area (Å²) in [5.41, 5.74) is 1.12. The lowest BCUT2D eigenvalue weighted by molar-refractivity contribution is -0.119. The van der Waals surface area contributed by atoms with Crippen molar-refractivity contribution in [2.75, 3.05) is 5.75 Å². The number of aromatic amines is 1. The second-order valence-corrected chi connectivity index (χ2v) is 8.36. The molecule has 3 rings (SSSR count). The number of aryl methyl sites for hydroxylation is 2. The molecule has 0 fully saturated rings. The smallest absolute Gasteiger partial charge is 0.260 e. The van der Waals surface area contributed by atoms with Crippen LogP contribution in [0.15, 0.2) is 9.95 Å². The first-order valence-electron chi connectivity index (χ1n) is 8.55. The highest BCUT2D eigenvalue weighted by molar-refractivity contribution is 7.99. The lowest BCUT2D eigenvalue weighted by Crippen LogP contribution is -2.33. The lowest BCUT2D eigenvalue weighted by atomic mass is 9.97. The van der Waals surface area contributed by atoms with E-state index in [-0.39, 0.29) is 23.3 Å². The van der Waals surface area contributed by atoms with Gasteiger partial charge in [-0.2, -0.15) is 0 Å². The molecule has 1 aliphatic rings. The van der Waals surface area contributed by atoms with Crippen molar-refractivity contribution in [1.29, 1.82) is 0 Å². The number of rotatable bonds is 6. The van der Waals surface area contributed by atoms with Gasteiger partial charge in [0, 0.05) is 10.9 Å². The maximum Gasteiger partial charge on any atom is 0.260 e. The van der Waals surface area contributed by atoms with Gasteiger partial charge in [-0.25, -0.2) is 4.98 Å². The minimum atomic E-state index is -0.0679. The van der Waals surface area contributed by atoms with Gasteiger partial charge in [0.05, 0.1) is 11.1 Å². The maximum absolute atomic E-state index is 12.4. The lowest BCUT2D eigenvalue weighted by Gasteiger charge is -2.12. The zero-order valence-electron chi connectivity index (χ0n) is 14.1. The SMILES string of the molecule is CCC[C@@H](C)NC(=O)CSc1nc2sc3c(c2c(=O)[nH]1)CCCC3. The fourth-order valence-corrected chi connectivity index (χ4v) is 5.16. The summed E-state index contributed by atoms with van der Waals surface area (Å²) >= 11 is 2.93. The molecule has 2 aromatic heterocycles. The zero-order valence-corrected chi connectivity index (χ0v) is 15.7. The Balaban J connectivity index is 1.72. The number of amides is 1. The highest BCUT2D eigenvalue weighted by Gasteiger charge is 2.20. The number of nitrogens with zero attached hydrogens (tertiary/aromatic N) is 1. The van der Waals surface area contributed by atoms with Gasteiger partial charge in [-0.1, -0.05) is 25.1 Å². The van der Waals surface area contributed by atoms with Crippen LogP contribution < -0.4 is 10.9 Å².